The monoisotopic (exact) mass is 553 g/mol. The maximum absolute atomic E-state index is 14.0. The fraction of sp³-hybridized carbons (Fsp3) is 0.0769. The summed E-state index contributed by atoms with van der Waals surface area (Å²) in [6.07, 6.45) is 0. The van der Waals surface area contributed by atoms with Gasteiger partial charge in [-0.05, 0) is 53.6 Å². The molecule has 11 heteroatoms. The summed E-state index contributed by atoms with van der Waals surface area (Å²) in [5.41, 5.74) is 1.15. The number of ketones is 1. The molecule has 1 aromatic heterocycles. The van der Waals surface area contributed by atoms with Crippen LogP contribution in [0.4, 0.5) is 9.52 Å². The predicted molar refractivity (Wildman–Crippen MR) is 140 cm³/mol. The fourth-order valence-electron chi connectivity index (χ4n) is 3.88. The van der Waals surface area contributed by atoms with E-state index in [1.54, 1.807) is 54.6 Å². The van der Waals surface area contributed by atoms with Crippen molar-refractivity contribution in [2.75, 3.05) is 4.90 Å². The normalized spacial score (nSPS) is 16.9. The van der Waals surface area contributed by atoms with Crippen LogP contribution in [0.5, 0.6) is 5.75 Å². The Hall–Kier alpha value is -3.73. The van der Waals surface area contributed by atoms with E-state index in [1.807, 2.05) is 0 Å². The molecular formula is C26H17ClFN3O4S2. The molecule has 1 fully saturated rings. The van der Waals surface area contributed by atoms with Gasteiger partial charge in [0.05, 0.1) is 11.6 Å². The number of carbonyl (C=O) groups excluding carboxylic acids is 2. The molecule has 1 atom stereocenters. The Morgan fingerprint density at radius 2 is 1.73 bits per heavy atom. The van der Waals surface area contributed by atoms with Gasteiger partial charge in [-0.15, -0.1) is 10.2 Å². The Morgan fingerprint density at radius 1 is 1.03 bits per heavy atom. The van der Waals surface area contributed by atoms with Crippen molar-refractivity contribution in [3.8, 4) is 5.75 Å². The summed E-state index contributed by atoms with van der Waals surface area (Å²) < 4.78 is 14.5. The molecule has 0 bridgehead atoms. The molecule has 0 radical (unpaired) electrons. The van der Waals surface area contributed by atoms with Crippen LogP contribution in [0.2, 0.25) is 5.02 Å². The number of amides is 1. The van der Waals surface area contributed by atoms with Gasteiger partial charge in [-0.2, -0.15) is 0 Å². The third kappa shape index (κ3) is 4.95. The van der Waals surface area contributed by atoms with E-state index >= 15 is 0 Å². The number of rotatable bonds is 6. The molecule has 0 aliphatic carbocycles. The lowest BCUT2D eigenvalue weighted by Gasteiger charge is -2.22. The Kier molecular flexibility index (Phi) is 6.96. The minimum absolute atomic E-state index is 0.00106. The number of aliphatic hydroxyl groups excluding tert-OH is 1. The highest BCUT2D eigenvalue weighted by Gasteiger charge is 2.48. The first-order chi connectivity index (χ1) is 17.8. The van der Waals surface area contributed by atoms with Gasteiger partial charge < -0.3 is 10.2 Å². The van der Waals surface area contributed by atoms with Gasteiger partial charge in [0, 0.05) is 16.3 Å². The molecule has 1 aliphatic rings. The molecule has 0 saturated carbocycles. The fourth-order valence-corrected chi connectivity index (χ4v) is 5.86. The first kappa shape index (κ1) is 24.9. The Balaban J connectivity index is 1.54. The number of hydrogen-bond donors (Lipinski definition) is 2. The smallest absolute Gasteiger partial charge is 0.301 e. The van der Waals surface area contributed by atoms with Crippen LogP contribution in [0.25, 0.3) is 5.76 Å². The topological polar surface area (TPSA) is 104 Å². The number of nitrogens with zero attached hydrogens (tertiary/aromatic N) is 3. The second-order valence-electron chi connectivity index (χ2n) is 8.00. The lowest BCUT2D eigenvalue weighted by atomic mass is 9.95. The van der Waals surface area contributed by atoms with Gasteiger partial charge in [-0.25, -0.2) is 4.39 Å². The number of aliphatic hydroxyl groups is 1. The first-order valence-corrected chi connectivity index (χ1v) is 13.1. The van der Waals surface area contributed by atoms with Crippen molar-refractivity contribution in [2.24, 2.45) is 0 Å². The molecule has 186 valence electrons. The summed E-state index contributed by atoms with van der Waals surface area (Å²) in [5.74, 6) is -2.16. The van der Waals surface area contributed by atoms with E-state index in [0.717, 1.165) is 11.3 Å². The molecule has 2 N–H and O–H groups in total. The lowest BCUT2D eigenvalue weighted by molar-refractivity contribution is -0.132. The molecule has 1 aliphatic heterocycles. The van der Waals surface area contributed by atoms with Crippen molar-refractivity contribution in [1.29, 1.82) is 0 Å². The zero-order valence-electron chi connectivity index (χ0n) is 18.8. The van der Waals surface area contributed by atoms with E-state index in [0.29, 0.717) is 31.8 Å². The number of thioether (sulfide) groups is 1. The Bertz CT molecular complexity index is 1520. The number of halogens is 2. The van der Waals surface area contributed by atoms with Gasteiger partial charge in [0.25, 0.3) is 5.78 Å². The average Bonchev–Trinajstić information content (AvgIpc) is 3.46. The van der Waals surface area contributed by atoms with Crippen LogP contribution in [0, 0.1) is 5.82 Å². The van der Waals surface area contributed by atoms with Crippen molar-refractivity contribution in [1.82, 2.24) is 10.2 Å². The van der Waals surface area contributed by atoms with Crippen LogP contribution in [-0.4, -0.2) is 32.1 Å². The molecule has 4 aromatic rings. The van der Waals surface area contributed by atoms with Crippen LogP contribution in [-0.2, 0) is 15.3 Å². The molecular weight excluding hydrogens is 537 g/mol. The number of aromatic nitrogens is 2. The standard InChI is InChI=1S/C26H17ClFN3O4S2/c27-17-9-5-15(6-10-17)22(33)20-21(14-7-11-18(32)12-8-14)31(24(35)23(20)34)25-29-30-26(37-25)36-13-16-3-1-2-4-19(16)28/h1-12,21,32-33H,13H2/b22-20-. The largest absolute Gasteiger partial charge is 0.508 e. The lowest BCUT2D eigenvalue weighted by Crippen LogP contribution is -2.29. The highest BCUT2D eigenvalue weighted by atomic mass is 35.5. The number of carbonyl (C=O) groups is 2. The third-order valence-electron chi connectivity index (χ3n) is 5.68. The van der Waals surface area contributed by atoms with Gasteiger partial charge in [0.1, 0.15) is 17.3 Å². The minimum Gasteiger partial charge on any atom is -0.508 e. The molecule has 1 unspecified atom stereocenters. The van der Waals surface area contributed by atoms with Crippen LogP contribution in [0.3, 0.4) is 0 Å². The Morgan fingerprint density at radius 3 is 2.43 bits per heavy atom. The number of phenolic OH excluding ortho intramolecular Hbond substituents is 1. The maximum Gasteiger partial charge on any atom is 0.301 e. The summed E-state index contributed by atoms with van der Waals surface area (Å²) in [6, 6.07) is 17.5. The summed E-state index contributed by atoms with van der Waals surface area (Å²) in [5, 5.41) is 29.7. The van der Waals surface area contributed by atoms with Gasteiger partial charge >= 0.3 is 5.91 Å². The van der Waals surface area contributed by atoms with Gasteiger partial charge in [-0.3, -0.25) is 14.5 Å². The molecule has 5 rings (SSSR count). The number of anilines is 1. The maximum atomic E-state index is 14.0. The van der Waals surface area contributed by atoms with Crippen LogP contribution in [0.15, 0.2) is 82.7 Å². The third-order valence-corrected chi connectivity index (χ3v) is 8.04. The SMILES string of the molecule is O=C1C(=O)N(c2nnc(SCc3ccccc3F)s2)C(c2ccc(O)cc2)/C1=C(/O)c1ccc(Cl)cc1. The Labute approximate surface area is 223 Å². The van der Waals surface area contributed by atoms with E-state index in [2.05, 4.69) is 10.2 Å². The summed E-state index contributed by atoms with van der Waals surface area (Å²) in [4.78, 5) is 27.6. The van der Waals surface area contributed by atoms with Crippen molar-refractivity contribution < 1.29 is 24.2 Å². The van der Waals surface area contributed by atoms with E-state index in [9.17, 15) is 24.2 Å². The van der Waals surface area contributed by atoms with Crippen molar-refractivity contribution >= 4 is 57.3 Å². The molecule has 37 heavy (non-hydrogen) atoms. The van der Waals surface area contributed by atoms with Gasteiger partial charge in [-0.1, -0.05) is 65.0 Å². The van der Waals surface area contributed by atoms with Crippen molar-refractivity contribution in [3.05, 3.63) is 106 Å². The van der Waals surface area contributed by atoms with Crippen molar-refractivity contribution in [3.63, 3.8) is 0 Å². The quantitative estimate of drug-likeness (QED) is 0.0998. The predicted octanol–water partition coefficient (Wildman–Crippen LogP) is 5.95. The zero-order valence-corrected chi connectivity index (χ0v) is 21.2. The number of phenols is 1. The molecule has 7 nitrogen and oxygen atoms in total. The summed E-state index contributed by atoms with van der Waals surface area (Å²) in [6.45, 7) is 0. The van der Waals surface area contributed by atoms with E-state index in [4.69, 9.17) is 11.6 Å². The number of benzene rings is 3. The highest BCUT2D eigenvalue weighted by Crippen LogP contribution is 2.44. The van der Waals surface area contributed by atoms with E-state index in [1.165, 1.54) is 34.9 Å². The minimum atomic E-state index is -1.02. The average molecular weight is 554 g/mol. The molecule has 1 saturated heterocycles. The second kappa shape index (κ2) is 10.3. The van der Waals surface area contributed by atoms with E-state index in [-0.39, 0.29) is 28.0 Å². The van der Waals surface area contributed by atoms with Gasteiger partial charge in [0.15, 0.2) is 4.34 Å². The van der Waals surface area contributed by atoms with Gasteiger partial charge in [0.2, 0.25) is 5.13 Å². The molecule has 1 amide bonds. The first-order valence-electron chi connectivity index (χ1n) is 10.9. The van der Waals surface area contributed by atoms with Crippen LogP contribution in [0.1, 0.15) is 22.7 Å². The molecule has 0 spiro atoms. The van der Waals surface area contributed by atoms with Crippen LogP contribution < -0.4 is 4.90 Å². The number of aromatic hydroxyl groups is 1. The molecule has 2 heterocycles. The summed E-state index contributed by atoms with van der Waals surface area (Å²) in [7, 11) is 0. The number of hydrogen-bond acceptors (Lipinski definition) is 8. The summed E-state index contributed by atoms with van der Waals surface area (Å²) >= 11 is 8.28. The molecule has 3 aromatic carbocycles. The van der Waals surface area contributed by atoms with Crippen molar-refractivity contribution in [2.45, 2.75) is 16.1 Å². The zero-order chi connectivity index (χ0) is 26.1. The second-order valence-corrected chi connectivity index (χ2v) is 10.6. The van der Waals surface area contributed by atoms with Crippen LogP contribution >= 0.6 is 34.7 Å². The highest BCUT2D eigenvalue weighted by molar-refractivity contribution is 8.00. The number of Topliss-reactive ketones (excluding diaryl/α,β-unsaturated/α-hetero) is 1. The van der Waals surface area contributed by atoms with E-state index < -0.39 is 17.7 Å².